The van der Waals surface area contributed by atoms with Crippen molar-refractivity contribution in [2.75, 3.05) is 12.9 Å². The molecule has 1 heterocycles. The minimum atomic E-state index is -3.60. The number of carbonyl (C=O) groups is 1. The van der Waals surface area contributed by atoms with Gasteiger partial charge < -0.3 is 9.80 Å². The first-order valence-corrected chi connectivity index (χ1v) is 9.84. The van der Waals surface area contributed by atoms with Gasteiger partial charge in [0.1, 0.15) is 5.88 Å². The summed E-state index contributed by atoms with van der Waals surface area (Å²) in [7, 11) is -1.89. The first-order valence-electron chi connectivity index (χ1n) is 8.19. The van der Waals surface area contributed by atoms with Crippen LogP contribution in [0.25, 0.3) is 0 Å². The van der Waals surface area contributed by atoms with E-state index >= 15 is 0 Å². The van der Waals surface area contributed by atoms with E-state index in [2.05, 4.69) is 0 Å². The van der Waals surface area contributed by atoms with Crippen molar-refractivity contribution in [1.82, 2.24) is 9.80 Å². The highest BCUT2D eigenvalue weighted by atomic mass is 32.2. The van der Waals surface area contributed by atoms with Crippen LogP contribution in [0.1, 0.15) is 24.1 Å². The van der Waals surface area contributed by atoms with E-state index in [-0.39, 0.29) is 28.9 Å². The van der Waals surface area contributed by atoms with Gasteiger partial charge in [0.2, 0.25) is 0 Å². The fraction of sp³-hybridized carbons (Fsp3) is 0.316. The highest BCUT2D eigenvalue weighted by molar-refractivity contribution is 7.91. The topological polar surface area (TPSA) is 57.7 Å². The van der Waals surface area contributed by atoms with Crippen LogP contribution in [0.5, 0.6) is 0 Å². The third-order valence-electron chi connectivity index (χ3n) is 4.78. The molecular formula is C19H22N2O3S. The molecule has 2 aromatic rings. The molecule has 25 heavy (non-hydrogen) atoms. The van der Waals surface area contributed by atoms with E-state index in [1.54, 1.807) is 36.2 Å². The molecule has 0 saturated carbocycles. The summed E-state index contributed by atoms with van der Waals surface area (Å²) >= 11 is 0. The third-order valence-corrected chi connectivity index (χ3v) is 6.39. The number of benzene rings is 2. The molecule has 6 heteroatoms. The Balaban J connectivity index is 1.96. The number of likely N-dealkylation sites (N-methyl/N-ethyl adjacent to an activating group) is 1. The van der Waals surface area contributed by atoms with Gasteiger partial charge in [0.05, 0.1) is 17.0 Å². The summed E-state index contributed by atoms with van der Waals surface area (Å²) in [6.07, 6.45) is 0. The van der Waals surface area contributed by atoms with E-state index in [0.717, 1.165) is 11.1 Å². The number of rotatable bonds is 4. The molecule has 1 fully saturated rings. The molecule has 0 aliphatic carbocycles. The molecule has 132 valence electrons. The van der Waals surface area contributed by atoms with Crippen LogP contribution in [0.2, 0.25) is 0 Å². The van der Waals surface area contributed by atoms with Gasteiger partial charge in [-0.3, -0.25) is 0 Å². The van der Waals surface area contributed by atoms with Crippen LogP contribution in [-0.2, 0) is 9.84 Å². The summed E-state index contributed by atoms with van der Waals surface area (Å²) in [6, 6.07) is 15.6. The van der Waals surface area contributed by atoms with Gasteiger partial charge in [-0.25, -0.2) is 13.2 Å². The molecule has 1 aliphatic heterocycles. The van der Waals surface area contributed by atoms with E-state index in [1.807, 2.05) is 44.2 Å². The van der Waals surface area contributed by atoms with E-state index in [9.17, 15) is 13.2 Å². The van der Waals surface area contributed by atoms with Gasteiger partial charge in [-0.1, -0.05) is 48.0 Å². The van der Waals surface area contributed by atoms with Crippen molar-refractivity contribution < 1.29 is 13.2 Å². The second-order valence-electron chi connectivity index (χ2n) is 6.52. The molecule has 0 aromatic heterocycles. The lowest BCUT2D eigenvalue weighted by Gasteiger charge is -2.25. The van der Waals surface area contributed by atoms with Crippen molar-refractivity contribution in [2.45, 2.75) is 30.8 Å². The second kappa shape index (κ2) is 6.52. The van der Waals surface area contributed by atoms with Crippen molar-refractivity contribution in [3.05, 3.63) is 65.7 Å². The van der Waals surface area contributed by atoms with Gasteiger partial charge in [-0.05, 0) is 31.5 Å². The average Bonchev–Trinajstić information content (AvgIpc) is 2.80. The quantitative estimate of drug-likeness (QED) is 0.843. The highest BCUT2D eigenvalue weighted by Gasteiger charge is 2.43. The zero-order valence-electron chi connectivity index (χ0n) is 14.6. The van der Waals surface area contributed by atoms with Crippen LogP contribution in [0.4, 0.5) is 4.79 Å². The number of aryl methyl sites for hydroxylation is 1. The summed E-state index contributed by atoms with van der Waals surface area (Å²) in [5.41, 5.74) is 1.93. The van der Waals surface area contributed by atoms with E-state index < -0.39 is 9.84 Å². The SMILES string of the molecule is Cc1ccc(S(=O)(=O)CN2C(=O)N(C)[C@H](C)[C@@H]2c2ccccc2)cc1. The Labute approximate surface area is 148 Å². The van der Waals surface area contributed by atoms with Crippen molar-refractivity contribution >= 4 is 15.9 Å². The molecule has 1 aliphatic rings. The molecular weight excluding hydrogens is 336 g/mol. The number of hydrogen-bond acceptors (Lipinski definition) is 3. The molecule has 3 rings (SSSR count). The largest absolute Gasteiger partial charge is 0.323 e. The van der Waals surface area contributed by atoms with Gasteiger partial charge in [0.25, 0.3) is 0 Å². The van der Waals surface area contributed by atoms with Crippen molar-refractivity contribution in [2.24, 2.45) is 0 Å². The molecule has 0 spiro atoms. The van der Waals surface area contributed by atoms with Gasteiger partial charge in [-0.2, -0.15) is 0 Å². The smallest absolute Gasteiger partial charge is 0.321 e. The van der Waals surface area contributed by atoms with Crippen molar-refractivity contribution in [3.63, 3.8) is 0 Å². The molecule has 2 atom stereocenters. The molecule has 2 aromatic carbocycles. The van der Waals surface area contributed by atoms with E-state index in [1.165, 1.54) is 4.90 Å². The minimum absolute atomic E-state index is 0.108. The van der Waals surface area contributed by atoms with Crippen molar-refractivity contribution in [3.8, 4) is 0 Å². The predicted octanol–water partition coefficient (Wildman–Crippen LogP) is 3.22. The van der Waals surface area contributed by atoms with E-state index in [4.69, 9.17) is 0 Å². The first kappa shape index (κ1) is 17.5. The van der Waals surface area contributed by atoms with Crippen LogP contribution in [0.15, 0.2) is 59.5 Å². The Bertz CT molecular complexity index is 863. The summed E-state index contributed by atoms with van der Waals surface area (Å²) < 4.78 is 25.6. The maximum Gasteiger partial charge on any atom is 0.321 e. The van der Waals surface area contributed by atoms with Crippen LogP contribution >= 0.6 is 0 Å². The maximum atomic E-state index is 12.8. The molecule has 0 radical (unpaired) electrons. The van der Waals surface area contributed by atoms with Crippen LogP contribution in [0.3, 0.4) is 0 Å². The Morgan fingerprint density at radius 1 is 1.00 bits per heavy atom. The number of carbonyl (C=O) groups excluding carboxylic acids is 1. The molecule has 0 unspecified atom stereocenters. The van der Waals surface area contributed by atoms with Crippen molar-refractivity contribution in [1.29, 1.82) is 0 Å². The normalized spacial score (nSPS) is 21.0. The van der Waals surface area contributed by atoms with Gasteiger partial charge in [0.15, 0.2) is 9.84 Å². The first-order chi connectivity index (χ1) is 11.8. The number of hydrogen-bond donors (Lipinski definition) is 0. The molecule has 0 N–H and O–H groups in total. The monoisotopic (exact) mass is 358 g/mol. The van der Waals surface area contributed by atoms with Gasteiger partial charge in [-0.15, -0.1) is 0 Å². The molecule has 5 nitrogen and oxygen atoms in total. The Hall–Kier alpha value is -2.34. The standard InChI is InChI=1S/C19H22N2O3S/c1-14-9-11-17(12-10-14)25(23,24)13-21-18(15(2)20(3)19(21)22)16-7-5-4-6-8-16/h4-12,15,18H,13H2,1-3H3/t15-,18-/m1/s1. The lowest BCUT2D eigenvalue weighted by Crippen LogP contribution is -2.35. The summed E-state index contributed by atoms with van der Waals surface area (Å²) in [6.45, 7) is 3.84. The lowest BCUT2D eigenvalue weighted by atomic mass is 10.0. The Morgan fingerprint density at radius 2 is 1.60 bits per heavy atom. The summed E-state index contributed by atoms with van der Waals surface area (Å²) in [5, 5.41) is 0. The van der Waals surface area contributed by atoms with Gasteiger partial charge >= 0.3 is 6.03 Å². The van der Waals surface area contributed by atoms with Crippen LogP contribution < -0.4 is 0 Å². The van der Waals surface area contributed by atoms with Gasteiger partial charge in [0, 0.05) is 7.05 Å². The third kappa shape index (κ3) is 3.26. The molecule has 0 bridgehead atoms. The number of nitrogens with zero attached hydrogens (tertiary/aromatic N) is 2. The molecule has 1 saturated heterocycles. The second-order valence-corrected chi connectivity index (χ2v) is 8.48. The minimum Gasteiger partial charge on any atom is -0.323 e. The fourth-order valence-corrected chi connectivity index (χ4v) is 4.55. The summed E-state index contributed by atoms with van der Waals surface area (Å²) in [5.74, 6) is -0.330. The zero-order chi connectivity index (χ0) is 18.2. The maximum absolute atomic E-state index is 12.8. The van der Waals surface area contributed by atoms with Crippen LogP contribution in [0, 0.1) is 6.92 Å². The Kier molecular flexibility index (Phi) is 4.56. The fourth-order valence-electron chi connectivity index (χ4n) is 3.22. The number of urea groups is 1. The average molecular weight is 358 g/mol. The number of amides is 2. The summed E-state index contributed by atoms with van der Waals surface area (Å²) in [4.78, 5) is 15.9. The zero-order valence-corrected chi connectivity index (χ0v) is 15.4. The highest BCUT2D eigenvalue weighted by Crippen LogP contribution is 2.35. The molecule has 2 amide bonds. The number of sulfone groups is 1. The van der Waals surface area contributed by atoms with E-state index in [0.29, 0.717) is 0 Å². The lowest BCUT2D eigenvalue weighted by molar-refractivity contribution is 0.197. The van der Waals surface area contributed by atoms with Crippen LogP contribution in [-0.4, -0.2) is 43.2 Å². The predicted molar refractivity (Wildman–Crippen MR) is 96.9 cm³/mol. The Morgan fingerprint density at radius 3 is 2.20 bits per heavy atom.